The van der Waals surface area contributed by atoms with Crippen molar-refractivity contribution in [3.8, 4) is 5.75 Å². The summed E-state index contributed by atoms with van der Waals surface area (Å²) in [6.07, 6.45) is -0.506. The monoisotopic (exact) mass is 351 g/mol. The van der Waals surface area contributed by atoms with Gasteiger partial charge in [0.25, 0.3) is 0 Å². The Morgan fingerprint density at radius 1 is 1.16 bits per heavy atom. The molecule has 1 rings (SSSR count). The van der Waals surface area contributed by atoms with Gasteiger partial charge in [-0.15, -0.1) is 0 Å². The lowest BCUT2D eigenvalue weighted by molar-refractivity contribution is -0.126. The summed E-state index contributed by atoms with van der Waals surface area (Å²) in [5.41, 5.74) is 5.14. The molecule has 1 atom stereocenters. The van der Waals surface area contributed by atoms with Crippen molar-refractivity contribution in [3.05, 3.63) is 29.8 Å². The highest BCUT2D eigenvalue weighted by atomic mass is 16.6. The molecule has 0 saturated heterocycles. The van der Waals surface area contributed by atoms with Gasteiger partial charge in [-0.3, -0.25) is 9.59 Å². The van der Waals surface area contributed by atoms with E-state index in [0.717, 1.165) is 5.56 Å². The van der Waals surface area contributed by atoms with Crippen molar-refractivity contribution in [3.63, 3.8) is 0 Å². The normalized spacial score (nSPS) is 12.0. The molecule has 0 unspecified atom stereocenters. The lowest BCUT2D eigenvalue weighted by atomic mass is 10.1. The van der Waals surface area contributed by atoms with Crippen LogP contribution in [0.5, 0.6) is 5.75 Å². The number of hydrogen-bond donors (Lipinski definition) is 3. The topological polar surface area (TPSA) is 120 Å². The first-order valence-electron chi connectivity index (χ1n) is 7.79. The van der Waals surface area contributed by atoms with Gasteiger partial charge in [-0.1, -0.05) is 12.1 Å². The highest BCUT2D eigenvalue weighted by Crippen LogP contribution is 2.13. The van der Waals surface area contributed by atoms with Crippen LogP contribution in [-0.2, 0) is 20.7 Å². The number of alkyl carbamates (subject to hydrolysis) is 1. The largest absolute Gasteiger partial charge is 0.497 e. The van der Waals surface area contributed by atoms with Crippen molar-refractivity contribution in [2.24, 2.45) is 5.73 Å². The fraction of sp³-hybridized carbons (Fsp3) is 0.471. The zero-order valence-electron chi connectivity index (χ0n) is 14.9. The Bertz CT molecular complexity index is 608. The van der Waals surface area contributed by atoms with Gasteiger partial charge < -0.3 is 25.8 Å². The third-order valence-corrected chi connectivity index (χ3v) is 3.04. The summed E-state index contributed by atoms with van der Waals surface area (Å²) in [5.74, 6) is -0.520. The van der Waals surface area contributed by atoms with Crippen molar-refractivity contribution in [2.75, 3.05) is 13.7 Å². The molecular weight excluding hydrogens is 326 g/mol. The van der Waals surface area contributed by atoms with Crippen LogP contribution in [-0.4, -0.2) is 43.2 Å². The zero-order valence-corrected chi connectivity index (χ0v) is 14.9. The second-order valence-electron chi connectivity index (χ2n) is 6.44. The van der Waals surface area contributed by atoms with Gasteiger partial charge in [0.15, 0.2) is 0 Å². The predicted molar refractivity (Wildman–Crippen MR) is 92.1 cm³/mol. The molecule has 0 fully saturated rings. The molecule has 3 amide bonds. The molecule has 0 heterocycles. The molecule has 0 aromatic heterocycles. The first-order chi connectivity index (χ1) is 11.6. The molecule has 0 spiro atoms. The van der Waals surface area contributed by atoms with Crippen LogP contribution < -0.4 is 21.1 Å². The summed E-state index contributed by atoms with van der Waals surface area (Å²) in [4.78, 5) is 35.1. The molecule has 0 aliphatic heterocycles. The molecule has 0 bridgehead atoms. The van der Waals surface area contributed by atoms with Gasteiger partial charge in [0.2, 0.25) is 11.8 Å². The van der Waals surface area contributed by atoms with Gasteiger partial charge in [-0.25, -0.2) is 4.79 Å². The minimum absolute atomic E-state index is 0.216. The van der Waals surface area contributed by atoms with E-state index in [9.17, 15) is 14.4 Å². The number of benzene rings is 1. The van der Waals surface area contributed by atoms with Crippen LogP contribution in [0.25, 0.3) is 0 Å². The maximum absolute atomic E-state index is 12.3. The number of amides is 3. The van der Waals surface area contributed by atoms with E-state index in [1.807, 2.05) is 0 Å². The fourth-order valence-electron chi connectivity index (χ4n) is 1.95. The average Bonchev–Trinajstić information content (AvgIpc) is 2.50. The number of nitrogens with two attached hydrogens (primary N) is 1. The number of primary amides is 1. The quantitative estimate of drug-likeness (QED) is 0.669. The number of methoxy groups -OCH3 is 1. The van der Waals surface area contributed by atoms with E-state index in [4.69, 9.17) is 15.2 Å². The van der Waals surface area contributed by atoms with Crippen molar-refractivity contribution in [1.29, 1.82) is 0 Å². The summed E-state index contributed by atoms with van der Waals surface area (Å²) < 4.78 is 10.3. The van der Waals surface area contributed by atoms with Crippen molar-refractivity contribution in [2.45, 2.75) is 38.8 Å². The highest BCUT2D eigenvalue weighted by molar-refractivity contribution is 5.89. The standard InChI is InChI=1S/C17H25N3O5/c1-17(2,3)25-16(23)20-13(15(22)19-10-14(18)21)9-11-5-7-12(24-4)8-6-11/h5-8,13H,9-10H2,1-4H3,(H2,18,21)(H,19,22)(H,20,23)/t13-/m0/s1. The van der Waals surface area contributed by atoms with Crippen molar-refractivity contribution in [1.82, 2.24) is 10.6 Å². The minimum atomic E-state index is -0.914. The minimum Gasteiger partial charge on any atom is -0.497 e. The van der Waals surface area contributed by atoms with E-state index in [1.165, 1.54) is 0 Å². The van der Waals surface area contributed by atoms with E-state index in [2.05, 4.69) is 10.6 Å². The van der Waals surface area contributed by atoms with Crippen LogP contribution in [0.4, 0.5) is 4.79 Å². The van der Waals surface area contributed by atoms with Crippen LogP contribution in [0.3, 0.4) is 0 Å². The Morgan fingerprint density at radius 2 is 1.76 bits per heavy atom. The van der Waals surface area contributed by atoms with E-state index < -0.39 is 29.6 Å². The van der Waals surface area contributed by atoms with Crippen LogP contribution in [0.2, 0.25) is 0 Å². The van der Waals surface area contributed by atoms with E-state index >= 15 is 0 Å². The fourth-order valence-corrected chi connectivity index (χ4v) is 1.95. The molecule has 1 aromatic carbocycles. The first kappa shape index (κ1) is 20.3. The lowest BCUT2D eigenvalue weighted by Crippen LogP contribution is -2.50. The zero-order chi connectivity index (χ0) is 19.0. The SMILES string of the molecule is COc1ccc(C[C@H](NC(=O)OC(C)(C)C)C(=O)NCC(N)=O)cc1. The Kier molecular flexibility index (Phi) is 7.22. The van der Waals surface area contributed by atoms with E-state index in [0.29, 0.717) is 5.75 Å². The van der Waals surface area contributed by atoms with Gasteiger partial charge >= 0.3 is 6.09 Å². The summed E-state index contributed by atoms with van der Waals surface area (Å²) >= 11 is 0. The Labute approximate surface area is 147 Å². The third kappa shape index (κ3) is 8.05. The van der Waals surface area contributed by atoms with Crippen LogP contribution in [0.1, 0.15) is 26.3 Å². The summed E-state index contributed by atoms with van der Waals surface area (Å²) in [6.45, 7) is 4.85. The maximum atomic E-state index is 12.3. The van der Waals surface area contributed by atoms with Crippen molar-refractivity contribution < 1.29 is 23.9 Å². The lowest BCUT2D eigenvalue weighted by Gasteiger charge is -2.23. The number of carbonyl (C=O) groups excluding carboxylic acids is 3. The number of carbonyl (C=O) groups is 3. The summed E-state index contributed by atoms with van der Waals surface area (Å²) in [7, 11) is 1.55. The van der Waals surface area contributed by atoms with Gasteiger partial charge in [0.1, 0.15) is 17.4 Å². The summed E-state index contributed by atoms with van der Waals surface area (Å²) in [6, 6.07) is 6.15. The summed E-state index contributed by atoms with van der Waals surface area (Å²) in [5, 5.41) is 4.90. The van der Waals surface area contributed by atoms with E-state index in [1.54, 1.807) is 52.1 Å². The molecule has 1 aromatic rings. The van der Waals surface area contributed by atoms with Gasteiger partial charge in [0, 0.05) is 6.42 Å². The molecule has 8 heteroatoms. The van der Waals surface area contributed by atoms with Crippen LogP contribution in [0.15, 0.2) is 24.3 Å². The molecule has 0 radical (unpaired) electrons. The predicted octanol–water partition coefficient (Wildman–Crippen LogP) is 0.733. The Hall–Kier alpha value is -2.77. The molecule has 0 aliphatic rings. The van der Waals surface area contributed by atoms with Crippen LogP contribution >= 0.6 is 0 Å². The van der Waals surface area contributed by atoms with E-state index in [-0.39, 0.29) is 13.0 Å². The Morgan fingerprint density at radius 3 is 2.24 bits per heavy atom. The highest BCUT2D eigenvalue weighted by Gasteiger charge is 2.24. The third-order valence-electron chi connectivity index (χ3n) is 3.04. The smallest absolute Gasteiger partial charge is 0.408 e. The molecule has 0 aliphatic carbocycles. The maximum Gasteiger partial charge on any atom is 0.408 e. The van der Waals surface area contributed by atoms with Crippen LogP contribution in [0, 0.1) is 0 Å². The molecule has 0 saturated carbocycles. The Balaban J connectivity index is 2.83. The molecule has 138 valence electrons. The van der Waals surface area contributed by atoms with Gasteiger partial charge in [0.05, 0.1) is 13.7 Å². The first-order valence-corrected chi connectivity index (χ1v) is 7.79. The second-order valence-corrected chi connectivity index (χ2v) is 6.44. The molecule has 8 nitrogen and oxygen atoms in total. The second kappa shape index (κ2) is 8.91. The molecular formula is C17H25N3O5. The number of rotatable bonds is 7. The van der Waals surface area contributed by atoms with Gasteiger partial charge in [-0.2, -0.15) is 0 Å². The molecule has 25 heavy (non-hydrogen) atoms. The van der Waals surface area contributed by atoms with Gasteiger partial charge in [-0.05, 0) is 38.5 Å². The number of hydrogen-bond acceptors (Lipinski definition) is 5. The number of nitrogens with one attached hydrogen (secondary N) is 2. The van der Waals surface area contributed by atoms with Crippen molar-refractivity contribution >= 4 is 17.9 Å². The molecule has 4 N–H and O–H groups in total. The average molecular weight is 351 g/mol. The number of ether oxygens (including phenoxy) is 2.